The zero-order valence-corrected chi connectivity index (χ0v) is 8.59. The van der Waals surface area contributed by atoms with Crippen LogP contribution < -0.4 is 0 Å². The van der Waals surface area contributed by atoms with Crippen molar-refractivity contribution in [1.29, 1.82) is 0 Å². The molecule has 4 heteroatoms. The molecule has 0 bridgehead atoms. The Hall–Kier alpha value is -1.97. The summed E-state index contributed by atoms with van der Waals surface area (Å²) in [6.45, 7) is 0. The molecule has 1 heterocycles. The Morgan fingerprint density at radius 1 is 1.25 bits per heavy atom. The second-order valence-corrected chi connectivity index (χ2v) is 3.93. The van der Waals surface area contributed by atoms with Gasteiger partial charge in [0.05, 0.1) is 0 Å². The minimum atomic E-state index is -0.184. The highest BCUT2D eigenvalue weighted by Crippen LogP contribution is 2.38. The molecule has 1 aliphatic rings. The minimum Gasteiger partial charge on any atom is -0.339 e. The molecule has 1 aromatic heterocycles. The standard InChI is InChI=1S/C12H10N2O2/c15-10(8-4-2-1-3-5-8)11-13-12(16-14-11)9-6-7-9/h1-5,9H,6-7H2. The van der Waals surface area contributed by atoms with Gasteiger partial charge in [-0.05, 0) is 12.8 Å². The molecule has 1 aromatic carbocycles. The third-order valence-corrected chi connectivity index (χ3v) is 2.61. The van der Waals surface area contributed by atoms with E-state index in [2.05, 4.69) is 10.1 Å². The molecular formula is C12H10N2O2. The summed E-state index contributed by atoms with van der Waals surface area (Å²) in [6.07, 6.45) is 2.17. The Labute approximate surface area is 92.3 Å². The third kappa shape index (κ3) is 1.62. The molecular weight excluding hydrogens is 204 g/mol. The molecule has 1 fully saturated rings. The van der Waals surface area contributed by atoms with Crippen LogP contribution in [0.5, 0.6) is 0 Å². The number of ketones is 1. The fourth-order valence-corrected chi connectivity index (χ4v) is 1.54. The number of carbonyl (C=O) groups excluding carboxylic acids is 1. The zero-order chi connectivity index (χ0) is 11.0. The lowest BCUT2D eigenvalue weighted by Crippen LogP contribution is -2.03. The van der Waals surface area contributed by atoms with Gasteiger partial charge in [-0.1, -0.05) is 35.5 Å². The van der Waals surface area contributed by atoms with Gasteiger partial charge in [0.25, 0.3) is 0 Å². The molecule has 0 amide bonds. The van der Waals surface area contributed by atoms with E-state index in [0.717, 1.165) is 12.8 Å². The maximum atomic E-state index is 11.9. The molecule has 0 spiro atoms. The van der Waals surface area contributed by atoms with Gasteiger partial charge in [0.1, 0.15) is 0 Å². The highest BCUT2D eigenvalue weighted by atomic mass is 16.5. The quantitative estimate of drug-likeness (QED) is 0.735. The maximum Gasteiger partial charge on any atom is 0.243 e. The number of benzene rings is 1. The molecule has 0 saturated heterocycles. The van der Waals surface area contributed by atoms with Crippen LogP contribution in [0, 0.1) is 0 Å². The van der Waals surface area contributed by atoms with Crippen molar-refractivity contribution in [3.63, 3.8) is 0 Å². The Morgan fingerprint density at radius 3 is 2.69 bits per heavy atom. The van der Waals surface area contributed by atoms with E-state index in [-0.39, 0.29) is 11.6 Å². The summed E-state index contributed by atoms with van der Waals surface area (Å²) in [4.78, 5) is 16.0. The molecule has 0 radical (unpaired) electrons. The number of hydrogen-bond donors (Lipinski definition) is 0. The zero-order valence-electron chi connectivity index (χ0n) is 8.59. The maximum absolute atomic E-state index is 11.9. The van der Waals surface area contributed by atoms with Crippen LogP contribution >= 0.6 is 0 Å². The van der Waals surface area contributed by atoms with Crippen molar-refractivity contribution in [2.45, 2.75) is 18.8 Å². The lowest BCUT2D eigenvalue weighted by atomic mass is 10.1. The molecule has 2 aromatic rings. The minimum absolute atomic E-state index is 0.160. The SMILES string of the molecule is O=C(c1ccccc1)c1noc(C2CC2)n1. The Morgan fingerprint density at radius 2 is 2.00 bits per heavy atom. The van der Waals surface area contributed by atoms with Crippen LogP contribution in [0.15, 0.2) is 34.9 Å². The average Bonchev–Trinajstić information content (AvgIpc) is 3.08. The van der Waals surface area contributed by atoms with Crippen LogP contribution in [0.25, 0.3) is 0 Å². The van der Waals surface area contributed by atoms with Gasteiger partial charge in [0.15, 0.2) is 0 Å². The topological polar surface area (TPSA) is 56.0 Å². The molecule has 80 valence electrons. The third-order valence-electron chi connectivity index (χ3n) is 2.61. The number of rotatable bonds is 3. The largest absolute Gasteiger partial charge is 0.339 e. The lowest BCUT2D eigenvalue weighted by Gasteiger charge is -1.93. The smallest absolute Gasteiger partial charge is 0.243 e. The van der Waals surface area contributed by atoms with E-state index in [9.17, 15) is 4.79 Å². The lowest BCUT2D eigenvalue weighted by molar-refractivity contribution is 0.102. The first kappa shape index (κ1) is 9.27. The van der Waals surface area contributed by atoms with Gasteiger partial charge in [0.2, 0.25) is 17.5 Å². The van der Waals surface area contributed by atoms with Crippen molar-refractivity contribution >= 4 is 5.78 Å². The van der Waals surface area contributed by atoms with Crippen LogP contribution in [0.3, 0.4) is 0 Å². The van der Waals surface area contributed by atoms with Gasteiger partial charge in [-0.3, -0.25) is 4.79 Å². The summed E-state index contributed by atoms with van der Waals surface area (Å²) < 4.78 is 5.05. The summed E-state index contributed by atoms with van der Waals surface area (Å²) in [5, 5.41) is 3.72. The predicted molar refractivity (Wildman–Crippen MR) is 56.1 cm³/mol. The molecule has 0 aliphatic heterocycles. The van der Waals surface area contributed by atoms with Crippen molar-refractivity contribution < 1.29 is 9.32 Å². The molecule has 4 nitrogen and oxygen atoms in total. The first-order valence-electron chi connectivity index (χ1n) is 5.28. The summed E-state index contributed by atoms with van der Waals surface area (Å²) in [7, 11) is 0. The van der Waals surface area contributed by atoms with E-state index in [1.807, 2.05) is 18.2 Å². The second kappa shape index (κ2) is 3.56. The van der Waals surface area contributed by atoms with Crippen LogP contribution in [0.1, 0.15) is 40.8 Å². The molecule has 1 aliphatic carbocycles. The van der Waals surface area contributed by atoms with Gasteiger partial charge in [-0.25, -0.2) is 0 Å². The van der Waals surface area contributed by atoms with Crippen molar-refractivity contribution in [2.75, 3.05) is 0 Å². The van der Waals surface area contributed by atoms with E-state index in [1.165, 1.54) is 0 Å². The fourth-order valence-electron chi connectivity index (χ4n) is 1.54. The van der Waals surface area contributed by atoms with Gasteiger partial charge in [0, 0.05) is 11.5 Å². The van der Waals surface area contributed by atoms with Gasteiger partial charge < -0.3 is 4.52 Å². The van der Waals surface area contributed by atoms with E-state index in [4.69, 9.17) is 4.52 Å². The summed E-state index contributed by atoms with van der Waals surface area (Å²) in [5.74, 6) is 0.952. The summed E-state index contributed by atoms with van der Waals surface area (Å²) in [6, 6.07) is 8.98. The summed E-state index contributed by atoms with van der Waals surface area (Å²) in [5.41, 5.74) is 0.589. The van der Waals surface area contributed by atoms with Crippen LogP contribution in [0.4, 0.5) is 0 Å². The second-order valence-electron chi connectivity index (χ2n) is 3.93. The molecule has 0 unspecified atom stereocenters. The van der Waals surface area contributed by atoms with Crippen molar-refractivity contribution in [3.05, 3.63) is 47.6 Å². The number of nitrogens with zero attached hydrogens (tertiary/aromatic N) is 2. The first-order chi connectivity index (χ1) is 7.84. The Bertz CT molecular complexity index is 515. The van der Waals surface area contributed by atoms with Gasteiger partial charge in [-0.15, -0.1) is 0 Å². The van der Waals surface area contributed by atoms with E-state index < -0.39 is 0 Å². The Balaban J connectivity index is 1.88. The molecule has 0 N–H and O–H groups in total. The van der Waals surface area contributed by atoms with E-state index in [1.54, 1.807) is 12.1 Å². The molecule has 1 saturated carbocycles. The Kier molecular flexibility index (Phi) is 2.06. The van der Waals surface area contributed by atoms with Crippen LogP contribution in [0.2, 0.25) is 0 Å². The van der Waals surface area contributed by atoms with Gasteiger partial charge >= 0.3 is 0 Å². The van der Waals surface area contributed by atoms with Crippen molar-refractivity contribution in [3.8, 4) is 0 Å². The van der Waals surface area contributed by atoms with E-state index in [0.29, 0.717) is 17.4 Å². The molecule has 16 heavy (non-hydrogen) atoms. The highest BCUT2D eigenvalue weighted by Gasteiger charge is 2.30. The average molecular weight is 214 g/mol. The number of hydrogen-bond acceptors (Lipinski definition) is 4. The fraction of sp³-hybridized carbons (Fsp3) is 0.250. The number of aromatic nitrogens is 2. The highest BCUT2D eigenvalue weighted by molar-refractivity contribution is 6.06. The first-order valence-corrected chi connectivity index (χ1v) is 5.28. The monoisotopic (exact) mass is 214 g/mol. The predicted octanol–water partition coefficient (Wildman–Crippen LogP) is 2.18. The van der Waals surface area contributed by atoms with E-state index >= 15 is 0 Å². The number of carbonyl (C=O) groups is 1. The normalized spacial score (nSPS) is 15.0. The molecule has 3 rings (SSSR count). The van der Waals surface area contributed by atoms with Crippen LogP contribution in [-0.2, 0) is 0 Å². The van der Waals surface area contributed by atoms with Crippen molar-refractivity contribution in [1.82, 2.24) is 10.1 Å². The van der Waals surface area contributed by atoms with Crippen LogP contribution in [-0.4, -0.2) is 15.9 Å². The van der Waals surface area contributed by atoms with Crippen molar-refractivity contribution in [2.24, 2.45) is 0 Å². The summed E-state index contributed by atoms with van der Waals surface area (Å²) >= 11 is 0. The van der Waals surface area contributed by atoms with Gasteiger partial charge in [-0.2, -0.15) is 4.98 Å². The molecule has 0 atom stereocenters.